The lowest BCUT2D eigenvalue weighted by Gasteiger charge is -2.21. The van der Waals surface area contributed by atoms with Crippen molar-refractivity contribution in [2.75, 3.05) is 26.2 Å². The molecule has 0 bridgehead atoms. The number of methoxy groups -OCH3 is 3. The third kappa shape index (κ3) is 4.47. The number of carbonyl (C=O) groups excluding carboxylic acids is 1. The molecule has 0 radical (unpaired) electrons. The van der Waals surface area contributed by atoms with E-state index in [0.717, 1.165) is 27.0 Å². The largest absolute Gasteiger partial charge is 0.493 e. The Labute approximate surface area is 196 Å². The molecule has 8 heteroatoms. The molecule has 0 atom stereocenters. The Kier molecular flexibility index (Phi) is 6.46. The first-order chi connectivity index (χ1) is 15.9. The highest BCUT2D eigenvalue weighted by molar-refractivity contribution is 7.22. The third-order valence-electron chi connectivity index (χ3n) is 5.25. The first kappa shape index (κ1) is 22.5. The van der Waals surface area contributed by atoms with Gasteiger partial charge in [-0.25, -0.2) is 4.98 Å². The number of aromatic nitrogens is 2. The maximum atomic E-state index is 13.8. The number of carbonyl (C=O) groups is 1. The number of anilines is 1. The van der Waals surface area contributed by atoms with Gasteiger partial charge in [0.2, 0.25) is 5.75 Å². The van der Waals surface area contributed by atoms with Crippen LogP contribution in [0.25, 0.3) is 10.2 Å². The van der Waals surface area contributed by atoms with E-state index in [1.165, 1.54) is 32.7 Å². The van der Waals surface area contributed by atoms with E-state index in [-0.39, 0.29) is 12.5 Å². The van der Waals surface area contributed by atoms with E-state index >= 15 is 0 Å². The topological polar surface area (TPSA) is 73.8 Å². The summed E-state index contributed by atoms with van der Waals surface area (Å²) < 4.78 is 17.3. The predicted octanol–water partition coefficient (Wildman–Crippen LogP) is 5.18. The molecule has 0 aliphatic heterocycles. The summed E-state index contributed by atoms with van der Waals surface area (Å²) >= 11 is 1.48. The van der Waals surface area contributed by atoms with Gasteiger partial charge in [0.1, 0.15) is 0 Å². The van der Waals surface area contributed by atoms with Gasteiger partial charge in [-0.3, -0.25) is 14.7 Å². The number of rotatable bonds is 7. The molecule has 0 N–H and O–H groups in total. The van der Waals surface area contributed by atoms with Gasteiger partial charge in [-0.1, -0.05) is 23.5 Å². The van der Waals surface area contributed by atoms with Crippen LogP contribution < -0.4 is 19.1 Å². The summed E-state index contributed by atoms with van der Waals surface area (Å²) in [5.74, 6) is 1.01. The molecule has 0 aliphatic rings. The van der Waals surface area contributed by atoms with Gasteiger partial charge < -0.3 is 14.2 Å². The second kappa shape index (κ2) is 9.46. The van der Waals surface area contributed by atoms with Gasteiger partial charge in [-0.2, -0.15) is 0 Å². The van der Waals surface area contributed by atoms with Crippen molar-refractivity contribution in [3.8, 4) is 17.2 Å². The summed E-state index contributed by atoms with van der Waals surface area (Å²) in [6.45, 7) is 4.36. The fourth-order valence-corrected chi connectivity index (χ4v) is 4.85. The number of amides is 1. The molecule has 0 saturated carbocycles. The second-order valence-electron chi connectivity index (χ2n) is 7.55. The summed E-state index contributed by atoms with van der Waals surface area (Å²) in [4.78, 5) is 24.7. The van der Waals surface area contributed by atoms with Crippen LogP contribution in [0.4, 0.5) is 5.13 Å². The summed E-state index contributed by atoms with van der Waals surface area (Å²) in [6.07, 6.45) is 1.71. The molecule has 1 amide bonds. The van der Waals surface area contributed by atoms with Gasteiger partial charge in [0.25, 0.3) is 5.91 Å². The molecule has 4 rings (SSSR count). The Hall–Kier alpha value is -3.65. The highest BCUT2D eigenvalue weighted by Crippen LogP contribution is 2.39. The Morgan fingerprint density at radius 3 is 2.33 bits per heavy atom. The number of aryl methyl sites for hydroxylation is 2. The Balaban J connectivity index is 1.83. The zero-order valence-corrected chi connectivity index (χ0v) is 20.0. The minimum Gasteiger partial charge on any atom is -0.493 e. The summed E-state index contributed by atoms with van der Waals surface area (Å²) in [5, 5.41) is 0.600. The minimum absolute atomic E-state index is 0.242. The number of fused-ring (bicyclic) bond motifs is 1. The molecule has 0 fully saturated rings. The van der Waals surface area contributed by atoms with E-state index in [4.69, 9.17) is 19.2 Å². The van der Waals surface area contributed by atoms with Gasteiger partial charge in [-0.15, -0.1) is 0 Å². The number of ether oxygens (including phenoxy) is 3. The maximum Gasteiger partial charge on any atom is 0.260 e. The number of thiazole rings is 1. The average Bonchev–Trinajstić information content (AvgIpc) is 3.25. The molecule has 170 valence electrons. The molecule has 0 spiro atoms. The quantitative estimate of drug-likeness (QED) is 0.376. The van der Waals surface area contributed by atoms with Crippen molar-refractivity contribution in [3.63, 3.8) is 0 Å². The highest BCUT2D eigenvalue weighted by Gasteiger charge is 2.25. The molecule has 0 saturated heterocycles. The molecule has 2 aromatic carbocycles. The molecular weight excluding hydrogens is 438 g/mol. The summed E-state index contributed by atoms with van der Waals surface area (Å²) in [6, 6.07) is 13.1. The molecule has 4 aromatic rings. The van der Waals surface area contributed by atoms with Crippen molar-refractivity contribution >= 4 is 32.6 Å². The smallest absolute Gasteiger partial charge is 0.260 e. The zero-order valence-electron chi connectivity index (χ0n) is 19.2. The van der Waals surface area contributed by atoms with Crippen molar-refractivity contribution in [3.05, 3.63) is 71.0 Å². The summed E-state index contributed by atoms with van der Waals surface area (Å²) in [5.41, 5.74) is 4.27. The molecular formula is C25H25N3O4S. The predicted molar refractivity (Wildman–Crippen MR) is 130 cm³/mol. The van der Waals surface area contributed by atoms with Crippen molar-refractivity contribution in [2.45, 2.75) is 20.4 Å². The molecule has 7 nitrogen and oxygen atoms in total. The van der Waals surface area contributed by atoms with Gasteiger partial charge in [0.05, 0.1) is 43.8 Å². The highest BCUT2D eigenvalue weighted by atomic mass is 32.1. The number of hydrogen-bond acceptors (Lipinski definition) is 7. The van der Waals surface area contributed by atoms with Gasteiger partial charge in [0, 0.05) is 11.8 Å². The van der Waals surface area contributed by atoms with E-state index in [1.807, 2.05) is 25.1 Å². The Morgan fingerprint density at radius 1 is 1.00 bits per heavy atom. The van der Waals surface area contributed by atoms with Crippen molar-refractivity contribution in [1.29, 1.82) is 0 Å². The molecule has 2 aromatic heterocycles. The van der Waals surface area contributed by atoms with Crippen LogP contribution in [0.1, 0.15) is 27.2 Å². The van der Waals surface area contributed by atoms with E-state index in [9.17, 15) is 4.79 Å². The van der Waals surface area contributed by atoms with Crippen LogP contribution in [0.3, 0.4) is 0 Å². The first-order valence-electron chi connectivity index (χ1n) is 10.3. The van der Waals surface area contributed by atoms with Crippen molar-refractivity contribution in [1.82, 2.24) is 9.97 Å². The van der Waals surface area contributed by atoms with Crippen molar-refractivity contribution in [2.24, 2.45) is 0 Å². The summed E-state index contributed by atoms with van der Waals surface area (Å²) in [7, 11) is 4.58. The minimum atomic E-state index is -0.242. The van der Waals surface area contributed by atoms with E-state index < -0.39 is 0 Å². The lowest BCUT2D eigenvalue weighted by molar-refractivity contribution is 0.0984. The molecule has 2 heterocycles. The first-order valence-corrected chi connectivity index (χ1v) is 11.2. The van der Waals surface area contributed by atoms with Gasteiger partial charge in [-0.05, 0) is 55.3 Å². The van der Waals surface area contributed by atoms with Gasteiger partial charge >= 0.3 is 0 Å². The molecule has 0 aliphatic carbocycles. The van der Waals surface area contributed by atoms with Crippen LogP contribution in [-0.2, 0) is 6.54 Å². The maximum absolute atomic E-state index is 13.8. The van der Waals surface area contributed by atoms with E-state index in [2.05, 4.69) is 24.0 Å². The monoisotopic (exact) mass is 463 g/mol. The molecule has 0 unspecified atom stereocenters. The van der Waals surface area contributed by atoms with Crippen LogP contribution in [0.2, 0.25) is 0 Å². The lowest BCUT2D eigenvalue weighted by Crippen LogP contribution is -2.30. The van der Waals surface area contributed by atoms with E-state index in [1.54, 1.807) is 23.2 Å². The van der Waals surface area contributed by atoms with Crippen LogP contribution in [-0.4, -0.2) is 37.2 Å². The fourth-order valence-electron chi connectivity index (χ4n) is 3.71. The SMILES string of the molecule is COc1cc(C(=O)N(Cc2ccccn2)c2nc3c(C)cc(C)cc3s2)cc(OC)c1OC. The van der Waals surface area contributed by atoms with Crippen LogP contribution in [0.15, 0.2) is 48.7 Å². The number of benzene rings is 2. The third-order valence-corrected chi connectivity index (χ3v) is 6.28. The van der Waals surface area contributed by atoms with Crippen molar-refractivity contribution < 1.29 is 19.0 Å². The normalized spacial score (nSPS) is 10.8. The fraction of sp³-hybridized carbons (Fsp3) is 0.240. The molecule has 33 heavy (non-hydrogen) atoms. The van der Waals surface area contributed by atoms with Crippen LogP contribution in [0, 0.1) is 13.8 Å². The number of hydrogen-bond donors (Lipinski definition) is 0. The zero-order chi connectivity index (χ0) is 23.5. The van der Waals surface area contributed by atoms with Gasteiger partial charge in [0.15, 0.2) is 16.6 Å². The number of nitrogens with zero attached hydrogens (tertiary/aromatic N) is 3. The van der Waals surface area contributed by atoms with E-state index in [0.29, 0.717) is 27.9 Å². The average molecular weight is 464 g/mol. The second-order valence-corrected chi connectivity index (χ2v) is 8.56. The standard InChI is InChI=1S/C25H25N3O4S/c1-15-10-16(2)22-21(11-15)33-25(27-22)28(14-18-8-6-7-9-26-18)24(29)17-12-19(30-3)23(32-5)20(13-17)31-4/h6-13H,14H2,1-5H3. The van der Waals surface area contributed by atoms with Crippen LogP contribution in [0.5, 0.6) is 17.2 Å². The lowest BCUT2D eigenvalue weighted by atomic mass is 10.1. The Morgan fingerprint density at radius 2 is 1.73 bits per heavy atom. The van der Waals surface area contributed by atoms with Crippen LogP contribution >= 0.6 is 11.3 Å². The Bertz CT molecular complexity index is 1280. The number of pyridine rings is 1.